The van der Waals surface area contributed by atoms with E-state index >= 15 is 0 Å². The highest BCUT2D eigenvalue weighted by Crippen LogP contribution is 2.52. The minimum absolute atomic E-state index is 0.0172. The topological polar surface area (TPSA) is 167 Å². The van der Waals surface area contributed by atoms with E-state index in [0.717, 1.165) is 0 Å². The summed E-state index contributed by atoms with van der Waals surface area (Å²) in [6.45, 7) is 21.8. The molecule has 0 spiro atoms. The van der Waals surface area contributed by atoms with Crippen molar-refractivity contribution in [3.8, 4) is 0 Å². The number of fused-ring (bicyclic) bond motifs is 4. The lowest BCUT2D eigenvalue weighted by Gasteiger charge is -2.55. The Morgan fingerprint density at radius 2 is 1.53 bits per heavy atom. The Hall–Kier alpha value is -0.560. The number of nitrogens with zero attached hydrogens (tertiary/aromatic N) is 1. The van der Waals surface area contributed by atoms with E-state index in [2.05, 4.69) is 11.8 Å². The van der Waals surface area contributed by atoms with Gasteiger partial charge in [0.25, 0.3) is 5.97 Å². The van der Waals surface area contributed by atoms with Gasteiger partial charge < -0.3 is 63.1 Å². The van der Waals surface area contributed by atoms with Gasteiger partial charge in [-0.2, -0.15) is 0 Å². The molecule has 53 heavy (non-hydrogen) atoms. The molecule has 6 fully saturated rings. The van der Waals surface area contributed by atoms with E-state index in [4.69, 9.17) is 42.6 Å². The quantitative estimate of drug-likeness (QED) is 0.299. The lowest BCUT2D eigenvalue weighted by Crippen LogP contribution is -2.69. The maximum absolute atomic E-state index is 12.6. The molecule has 6 aliphatic heterocycles. The zero-order valence-corrected chi connectivity index (χ0v) is 33.8. The van der Waals surface area contributed by atoms with Gasteiger partial charge in [0.1, 0.15) is 17.8 Å². The predicted octanol–water partition coefficient (Wildman–Crippen LogP) is 2.55. The Kier molecular flexibility index (Phi) is 12.4. The van der Waals surface area contributed by atoms with Gasteiger partial charge in [-0.25, -0.2) is 0 Å². The molecule has 0 radical (unpaired) electrons. The Balaban J connectivity index is 1.42. The maximum Gasteiger partial charge on any atom is 0.286 e. The average molecular weight is 760 g/mol. The lowest BCUT2D eigenvalue weighted by molar-refractivity contribution is -0.481. The van der Waals surface area contributed by atoms with E-state index in [0.29, 0.717) is 45.6 Å². The molecule has 14 heteroatoms. The van der Waals surface area contributed by atoms with Gasteiger partial charge in [-0.15, -0.1) is 0 Å². The van der Waals surface area contributed by atoms with Gasteiger partial charge in [-0.1, -0.05) is 34.6 Å². The van der Waals surface area contributed by atoms with Crippen LogP contribution in [0.25, 0.3) is 0 Å². The summed E-state index contributed by atoms with van der Waals surface area (Å²) in [6.07, 6.45) is -6.16. The molecule has 20 atom stereocenters. The number of hydrogen-bond acceptors (Lipinski definition) is 14. The van der Waals surface area contributed by atoms with Gasteiger partial charge in [0.2, 0.25) is 0 Å². The zero-order chi connectivity index (χ0) is 38.8. The van der Waals surface area contributed by atoms with E-state index in [1.54, 1.807) is 21.0 Å². The van der Waals surface area contributed by atoms with Crippen LogP contribution in [0.4, 0.5) is 0 Å². The predicted molar refractivity (Wildman–Crippen MR) is 191 cm³/mol. The van der Waals surface area contributed by atoms with Crippen molar-refractivity contribution in [1.82, 2.24) is 4.90 Å². The molecule has 6 saturated heterocycles. The first-order valence-corrected chi connectivity index (χ1v) is 20.1. The summed E-state index contributed by atoms with van der Waals surface area (Å²) in [5.74, 6) is -3.93. The van der Waals surface area contributed by atoms with Crippen LogP contribution in [0.5, 0.6) is 0 Å². The summed E-state index contributed by atoms with van der Waals surface area (Å²) in [7, 11) is 1.56. The van der Waals surface area contributed by atoms with E-state index in [9.17, 15) is 20.4 Å². The molecule has 0 aromatic carbocycles. The lowest BCUT2D eigenvalue weighted by atomic mass is 9.74. The molecule has 0 aliphatic carbocycles. The van der Waals surface area contributed by atoms with Crippen molar-refractivity contribution in [2.24, 2.45) is 23.7 Å². The molecule has 14 nitrogen and oxygen atoms in total. The van der Waals surface area contributed by atoms with E-state index in [1.807, 2.05) is 48.5 Å². The second-order valence-corrected chi connectivity index (χ2v) is 17.8. The van der Waals surface area contributed by atoms with Crippen LogP contribution >= 0.6 is 0 Å². The van der Waals surface area contributed by atoms with Gasteiger partial charge in [0.15, 0.2) is 12.6 Å². The van der Waals surface area contributed by atoms with Gasteiger partial charge in [0.05, 0.1) is 73.1 Å². The molecule has 0 amide bonds. The van der Waals surface area contributed by atoms with Crippen molar-refractivity contribution in [3.05, 3.63) is 0 Å². The molecular weight excluding hydrogens is 690 g/mol. The van der Waals surface area contributed by atoms with Crippen LogP contribution in [0.15, 0.2) is 0 Å². The normalized spacial score (nSPS) is 55.8. The van der Waals surface area contributed by atoms with Crippen molar-refractivity contribution in [1.29, 1.82) is 0 Å². The molecule has 0 saturated carbocycles. The van der Waals surface area contributed by atoms with Crippen LogP contribution < -0.4 is 0 Å². The number of morpholine rings is 1. The highest BCUT2D eigenvalue weighted by atomic mass is 16.8. The molecular formula is C39H69NO13. The van der Waals surface area contributed by atoms with Crippen LogP contribution in [-0.4, -0.2) is 155 Å². The standard InChI is InChI=1S/C39H69NO13/c1-12-27-38(10,43)34-22(4)30-20(2)18-37(9,52-30)33(50-35-29(41)26(17-21(3)47-35)40-13-15-46-16-14-40)23(5)31(24(6)39(44,51-27)53-34)49-28-19-36(8,45-11)32(42)25(7)48-28/h20-35,41-44H,12-19H2,1-11H3/t20-,21?,22-,23-,24+,25?,26?,27+,28-,29?,30?,31-,32-,33+,34+,35-,36?,37-,38+,39-/m0/s1. The first-order valence-electron chi connectivity index (χ1n) is 20.1. The third-order valence-corrected chi connectivity index (χ3v) is 13.8. The van der Waals surface area contributed by atoms with Crippen LogP contribution in [0.1, 0.15) is 94.9 Å². The Morgan fingerprint density at radius 1 is 0.849 bits per heavy atom. The van der Waals surface area contributed by atoms with Gasteiger partial charge in [-0.05, 0) is 59.8 Å². The second kappa shape index (κ2) is 15.7. The van der Waals surface area contributed by atoms with E-state index in [1.165, 1.54) is 0 Å². The highest BCUT2D eigenvalue weighted by Gasteiger charge is 2.64. The largest absolute Gasteiger partial charge is 0.387 e. The van der Waals surface area contributed by atoms with Crippen molar-refractivity contribution < 1.29 is 63.1 Å². The monoisotopic (exact) mass is 759 g/mol. The van der Waals surface area contributed by atoms with Gasteiger partial charge >= 0.3 is 0 Å². The van der Waals surface area contributed by atoms with Gasteiger partial charge in [0, 0.05) is 44.5 Å². The average Bonchev–Trinajstić information content (AvgIpc) is 3.43. The third kappa shape index (κ3) is 7.74. The van der Waals surface area contributed by atoms with Gasteiger partial charge in [-0.3, -0.25) is 4.90 Å². The molecule has 6 unspecified atom stereocenters. The number of aliphatic hydroxyl groups is 4. The number of hydrogen-bond donors (Lipinski definition) is 4. The molecule has 6 aliphatic rings. The molecule has 6 rings (SSSR count). The number of aliphatic hydroxyl groups excluding tert-OH is 2. The molecule has 0 aromatic heterocycles. The highest BCUT2D eigenvalue weighted by molar-refractivity contribution is 5.07. The van der Waals surface area contributed by atoms with E-state index < -0.39 is 89.9 Å². The minimum Gasteiger partial charge on any atom is -0.387 e. The second-order valence-electron chi connectivity index (χ2n) is 17.8. The number of rotatable bonds is 7. The van der Waals surface area contributed by atoms with Crippen molar-refractivity contribution in [2.75, 3.05) is 33.4 Å². The van der Waals surface area contributed by atoms with Crippen LogP contribution in [0.3, 0.4) is 0 Å². The molecule has 6 heterocycles. The molecule has 0 aromatic rings. The van der Waals surface area contributed by atoms with Crippen LogP contribution in [0.2, 0.25) is 0 Å². The maximum atomic E-state index is 12.6. The fourth-order valence-electron chi connectivity index (χ4n) is 10.6. The Bertz CT molecular complexity index is 1240. The number of methoxy groups -OCH3 is 1. The Labute approximate surface area is 316 Å². The zero-order valence-electron chi connectivity index (χ0n) is 33.8. The fraction of sp³-hybridized carbons (Fsp3) is 1.00. The van der Waals surface area contributed by atoms with E-state index in [-0.39, 0.29) is 36.5 Å². The summed E-state index contributed by atoms with van der Waals surface area (Å²) in [4.78, 5) is 2.26. The number of ether oxygens (including phenoxy) is 9. The summed E-state index contributed by atoms with van der Waals surface area (Å²) >= 11 is 0. The summed E-state index contributed by atoms with van der Waals surface area (Å²) in [6, 6.07) is -0.189. The van der Waals surface area contributed by atoms with Crippen LogP contribution in [0, 0.1) is 23.7 Å². The summed E-state index contributed by atoms with van der Waals surface area (Å²) in [5.41, 5.74) is -3.32. The smallest absolute Gasteiger partial charge is 0.286 e. The SMILES string of the molecule is CC[C@H]1O[C@]2(O)O[C@H]([C@@H](C)C3O[C@@](C)(C[C@@H]3C)[C@H](O[C@@H]3OC(C)CC(N4CCOCC4)C3O)[C@@H](C)[C@H](O[C@H]3CC(C)(OC)[C@@H](O)C(C)O3)[C@H]2C)[C@]1(C)O. The Morgan fingerprint density at radius 3 is 2.17 bits per heavy atom. The fourth-order valence-corrected chi connectivity index (χ4v) is 10.6. The van der Waals surface area contributed by atoms with Crippen molar-refractivity contribution in [3.63, 3.8) is 0 Å². The summed E-state index contributed by atoms with van der Waals surface area (Å²) in [5, 5.41) is 47.6. The minimum atomic E-state index is -2.18. The molecule has 308 valence electrons. The third-order valence-electron chi connectivity index (χ3n) is 13.8. The molecule has 4 bridgehead atoms. The van der Waals surface area contributed by atoms with Crippen molar-refractivity contribution in [2.45, 2.75) is 191 Å². The van der Waals surface area contributed by atoms with Crippen LogP contribution in [-0.2, 0) is 42.6 Å². The van der Waals surface area contributed by atoms with Crippen molar-refractivity contribution >= 4 is 0 Å². The summed E-state index contributed by atoms with van der Waals surface area (Å²) < 4.78 is 58.2. The first-order chi connectivity index (χ1) is 24.8. The molecule has 4 N–H and O–H groups in total. The first kappa shape index (κ1) is 42.1.